The van der Waals surface area contributed by atoms with Crippen molar-refractivity contribution in [2.45, 2.75) is 20.5 Å². The van der Waals surface area contributed by atoms with E-state index >= 15 is 0 Å². The van der Waals surface area contributed by atoms with Gasteiger partial charge in [0.2, 0.25) is 11.5 Å². The number of hydrogen-bond donors (Lipinski definition) is 0. The van der Waals surface area contributed by atoms with Gasteiger partial charge in [0.05, 0.1) is 4.92 Å². The summed E-state index contributed by atoms with van der Waals surface area (Å²) in [5.41, 5.74) is 1.28. The van der Waals surface area contributed by atoms with E-state index in [1.54, 1.807) is 12.1 Å². The van der Waals surface area contributed by atoms with Gasteiger partial charge in [0, 0.05) is 12.1 Å². The zero-order valence-corrected chi connectivity index (χ0v) is 16.8. The minimum atomic E-state index is -0.642. The lowest BCUT2D eigenvalue weighted by molar-refractivity contribution is -0.385. The molecule has 0 radical (unpaired) electrons. The maximum absolute atomic E-state index is 12.2. The van der Waals surface area contributed by atoms with Gasteiger partial charge < -0.3 is 9.15 Å². The molecular weight excluding hydrogens is 398 g/mol. The molecule has 9 heteroatoms. The molecule has 0 atom stereocenters. The highest BCUT2D eigenvalue weighted by atomic mass is 35.5. The monoisotopic (exact) mass is 415 g/mol. The number of halogens is 1. The Bertz CT molecular complexity index is 1090. The van der Waals surface area contributed by atoms with E-state index in [0.717, 1.165) is 11.1 Å². The third kappa shape index (κ3) is 4.72. The second-order valence-corrected chi connectivity index (χ2v) is 6.83. The van der Waals surface area contributed by atoms with Crippen molar-refractivity contribution in [1.82, 2.24) is 9.78 Å². The summed E-state index contributed by atoms with van der Waals surface area (Å²) >= 11 is 6.15. The average molecular weight is 416 g/mol. The van der Waals surface area contributed by atoms with Crippen LogP contribution in [0.25, 0.3) is 6.08 Å². The Balaban J connectivity index is 1.66. The molecule has 0 spiro atoms. The summed E-state index contributed by atoms with van der Waals surface area (Å²) in [4.78, 5) is 22.6. The molecule has 0 unspecified atom stereocenters. The van der Waals surface area contributed by atoms with Gasteiger partial charge in [-0.15, -0.1) is 0 Å². The van der Waals surface area contributed by atoms with E-state index in [-0.39, 0.29) is 18.0 Å². The number of nitrogens with zero attached hydrogens (tertiary/aromatic N) is 3. The van der Waals surface area contributed by atoms with Crippen molar-refractivity contribution in [3.05, 3.63) is 80.0 Å². The van der Waals surface area contributed by atoms with Crippen LogP contribution < -0.4 is 4.74 Å². The van der Waals surface area contributed by atoms with Crippen molar-refractivity contribution in [3.8, 4) is 5.75 Å². The van der Waals surface area contributed by atoms with Crippen LogP contribution in [-0.2, 0) is 13.7 Å². The van der Waals surface area contributed by atoms with Crippen LogP contribution >= 0.6 is 11.6 Å². The van der Waals surface area contributed by atoms with Gasteiger partial charge in [-0.25, -0.2) is 0 Å². The molecule has 150 valence electrons. The zero-order valence-electron chi connectivity index (χ0n) is 16.0. The first-order chi connectivity index (χ1) is 13.7. The predicted molar refractivity (Wildman–Crippen MR) is 107 cm³/mol. The van der Waals surface area contributed by atoms with Crippen LogP contribution in [-0.4, -0.2) is 20.5 Å². The maximum atomic E-state index is 12.2. The van der Waals surface area contributed by atoms with Crippen LogP contribution in [0.1, 0.15) is 33.1 Å². The molecule has 0 fully saturated rings. The first kappa shape index (κ1) is 20.3. The topological polar surface area (TPSA) is 100 Å². The number of furan rings is 1. The largest absolute Gasteiger partial charge is 0.486 e. The number of nitro groups is 1. The van der Waals surface area contributed by atoms with Gasteiger partial charge in [-0.2, -0.15) is 5.10 Å². The highest BCUT2D eigenvalue weighted by molar-refractivity contribution is 6.32. The van der Waals surface area contributed by atoms with Crippen molar-refractivity contribution in [3.63, 3.8) is 0 Å². The van der Waals surface area contributed by atoms with Gasteiger partial charge >= 0.3 is 5.69 Å². The fourth-order valence-electron chi connectivity index (χ4n) is 2.73. The first-order valence-electron chi connectivity index (χ1n) is 8.63. The smallest absolute Gasteiger partial charge is 0.318 e. The molecule has 2 heterocycles. The molecule has 3 aromatic rings. The minimum Gasteiger partial charge on any atom is -0.486 e. The zero-order chi connectivity index (χ0) is 21.1. The maximum Gasteiger partial charge on any atom is 0.318 e. The van der Waals surface area contributed by atoms with Gasteiger partial charge in [0.1, 0.15) is 30.1 Å². The van der Waals surface area contributed by atoms with Crippen molar-refractivity contribution < 1.29 is 18.9 Å². The molecule has 0 aliphatic heterocycles. The van der Waals surface area contributed by atoms with Gasteiger partial charge in [-0.05, 0) is 61.4 Å². The third-order valence-electron chi connectivity index (χ3n) is 4.11. The summed E-state index contributed by atoms with van der Waals surface area (Å²) in [6, 6.07) is 7.09. The van der Waals surface area contributed by atoms with Gasteiger partial charge in [-0.1, -0.05) is 11.6 Å². The number of aryl methyl sites for hydroxylation is 3. The Morgan fingerprint density at radius 1 is 1.34 bits per heavy atom. The summed E-state index contributed by atoms with van der Waals surface area (Å²) in [5, 5.41) is 15.6. The van der Waals surface area contributed by atoms with Gasteiger partial charge in [0.25, 0.3) is 0 Å². The van der Waals surface area contributed by atoms with E-state index < -0.39 is 10.7 Å². The molecule has 2 aromatic heterocycles. The molecule has 0 amide bonds. The molecule has 0 aliphatic carbocycles. The summed E-state index contributed by atoms with van der Waals surface area (Å²) < 4.78 is 12.6. The molecule has 0 bridgehead atoms. The fraction of sp³-hybridized carbons (Fsp3) is 0.200. The van der Waals surface area contributed by atoms with Gasteiger partial charge in [0.15, 0.2) is 0 Å². The van der Waals surface area contributed by atoms with E-state index in [0.29, 0.717) is 22.3 Å². The van der Waals surface area contributed by atoms with Crippen LogP contribution in [0.3, 0.4) is 0 Å². The van der Waals surface area contributed by atoms with E-state index in [1.165, 1.54) is 30.1 Å². The van der Waals surface area contributed by atoms with Crippen molar-refractivity contribution in [2.24, 2.45) is 7.05 Å². The fourth-order valence-corrected chi connectivity index (χ4v) is 2.84. The highest BCUT2D eigenvalue weighted by Gasteiger charge is 2.23. The molecule has 0 saturated carbocycles. The first-order valence-corrected chi connectivity index (χ1v) is 9.01. The van der Waals surface area contributed by atoms with Crippen molar-refractivity contribution in [1.29, 1.82) is 0 Å². The molecule has 3 rings (SSSR count). The molecule has 1 aromatic carbocycles. The Morgan fingerprint density at radius 3 is 2.69 bits per heavy atom. The standard InChI is InChI=1S/C20H18ClN3O5/c1-12-8-16(9-13(2)19(12)21)28-11-15-5-4-14(29-15)6-7-18(25)20-17(24(26)27)10-23(3)22-20/h4-10H,11H2,1-3H3/b7-6+. The number of ether oxygens (including phenoxy) is 1. The van der Waals surface area contributed by atoms with E-state index in [9.17, 15) is 14.9 Å². The quantitative estimate of drug-likeness (QED) is 0.240. The number of benzene rings is 1. The molecule has 29 heavy (non-hydrogen) atoms. The Hall–Kier alpha value is -3.39. The van der Waals surface area contributed by atoms with E-state index in [1.807, 2.05) is 26.0 Å². The number of carbonyl (C=O) groups excluding carboxylic acids is 1. The van der Waals surface area contributed by atoms with Crippen LogP contribution in [0.5, 0.6) is 5.75 Å². The normalized spacial score (nSPS) is 11.2. The number of aromatic nitrogens is 2. The number of allylic oxidation sites excluding steroid dienone is 1. The Labute approximate surface area is 171 Å². The molecule has 8 nitrogen and oxygen atoms in total. The summed E-state index contributed by atoms with van der Waals surface area (Å²) in [6.07, 6.45) is 3.80. The van der Waals surface area contributed by atoms with Crippen LogP contribution in [0.2, 0.25) is 5.02 Å². The van der Waals surface area contributed by atoms with E-state index in [2.05, 4.69) is 5.10 Å². The minimum absolute atomic E-state index is 0.202. The average Bonchev–Trinajstić information content (AvgIpc) is 3.28. The number of ketones is 1. The van der Waals surface area contributed by atoms with Crippen molar-refractivity contribution >= 4 is 29.1 Å². The molecule has 0 aliphatic rings. The highest BCUT2D eigenvalue weighted by Crippen LogP contribution is 2.26. The predicted octanol–water partition coefficient (Wildman–Crippen LogP) is 4.67. The van der Waals surface area contributed by atoms with Crippen LogP contribution in [0, 0.1) is 24.0 Å². The summed E-state index contributed by atoms with van der Waals surface area (Å²) in [7, 11) is 1.51. The Morgan fingerprint density at radius 2 is 2.03 bits per heavy atom. The number of hydrogen-bond acceptors (Lipinski definition) is 6. The lowest BCUT2D eigenvalue weighted by Crippen LogP contribution is -2.00. The lowest BCUT2D eigenvalue weighted by atomic mass is 10.1. The molecule has 0 saturated heterocycles. The van der Waals surface area contributed by atoms with E-state index in [4.69, 9.17) is 20.8 Å². The molecular formula is C20H18ClN3O5. The second kappa shape index (κ2) is 8.32. The second-order valence-electron chi connectivity index (χ2n) is 6.46. The number of carbonyl (C=O) groups is 1. The lowest BCUT2D eigenvalue weighted by Gasteiger charge is -2.08. The molecule has 0 N–H and O–H groups in total. The summed E-state index contributed by atoms with van der Waals surface area (Å²) in [5.74, 6) is 1.07. The summed E-state index contributed by atoms with van der Waals surface area (Å²) in [6.45, 7) is 4.01. The van der Waals surface area contributed by atoms with Crippen LogP contribution in [0.4, 0.5) is 5.69 Å². The number of rotatable bonds is 7. The van der Waals surface area contributed by atoms with Crippen LogP contribution in [0.15, 0.2) is 41.0 Å². The van der Waals surface area contributed by atoms with Gasteiger partial charge in [-0.3, -0.25) is 19.6 Å². The SMILES string of the molecule is Cc1cc(OCc2ccc(/C=C/C(=O)c3nn(C)cc3[N+](=O)[O-])o2)cc(C)c1Cl. The third-order valence-corrected chi connectivity index (χ3v) is 4.71. The van der Waals surface area contributed by atoms with Crippen molar-refractivity contribution in [2.75, 3.05) is 0 Å². The Kier molecular flexibility index (Phi) is 5.84.